The van der Waals surface area contributed by atoms with Gasteiger partial charge in [-0.2, -0.15) is 8.42 Å². The van der Waals surface area contributed by atoms with Crippen molar-refractivity contribution in [1.82, 2.24) is 5.32 Å². The maximum atomic E-state index is 11.5. The second kappa shape index (κ2) is 4.27. The van der Waals surface area contributed by atoms with Crippen LogP contribution in [0, 0.1) is 5.41 Å². The molecule has 0 fully saturated rings. The maximum Gasteiger partial charge on any atom is 0.285 e. The Hall–Kier alpha value is -0.620. The summed E-state index contributed by atoms with van der Waals surface area (Å²) in [5.41, 5.74) is -0.626. The molecule has 2 N–H and O–H groups in total. The molecule has 0 heterocycles. The van der Waals surface area contributed by atoms with Gasteiger partial charge in [0.15, 0.2) is 5.37 Å². The molecule has 0 bridgehead atoms. The van der Waals surface area contributed by atoms with Gasteiger partial charge in [-0.15, -0.1) is 0 Å². The van der Waals surface area contributed by atoms with E-state index in [0.717, 1.165) is 0 Å². The average Bonchev–Trinajstić information content (AvgIpc) is 2.02. The van der Waals surface area contributed by atoms with E-state index >= 15 is 0 Å². The van der Waals surface area contributed by atoms with Crippen LogP contribution in [0.3, 0.4) is 0 Å². The lowest BCUT2D eigenvalue weighted by atomic mass is 9.89. The SMILES string of the molecule is CCC(C)(C)C(=O)NC(C)S(=O)(=O)O. The Kier molecular flexibility index (Phi) is 4.08. The molecule has 5 nitrogen and oxygen atoms in total. The van der Waals surface area contributed by atoms with Gasteiger partial charge in [0, 0.05) is 5.41 Å². The van der Waals surface area contributed by atoms with Crippen LogP contribution in [0.25, 0.3) is 0 Å². The smallest absolute Gasteiger partial charge is 0.285 e. The number of hydrogen-bond acceptors (Lipinski definition) is 3. The molecule has 0 aliphatic heterocycles. The molecule has 1 atom stereocenters. The fourth-order valence-electron chi connectivity index (χ4n) is 0.615. The molecule has 1 amide bonds. The zero-order chi connectivity index (χ0) is 11.6. The first-order valence-corrected chi connectivity index (χ1v) is 5.89. The minimum Gasteiger partial charge on any atom is -0.337 e. The van der Waals surface area contributed by atoms with Crippen LogP contribution < -0.4 is 5.32 Å². The van der Waals surface area contributed by atoms with E-state index in [4.69, 9.17) is 4.55 Å². The molecule has 0 saturated heterocycles. The lowest BCUT2D eigenvalue weighted by Crippen LogP contribution is -2.44. The Balaban J connectivity index is 4.50. The third-order valence-corrected chi connectivity index (χ3v) is 3.29. The Bertz CT molecular complexity index is 307. The van der Waals surface area contributed by atoms with Crippen molar-refractivity contribution in [2.24, 2.45) is 5.41 Å². The number of carbonyl (C=O) groups excluding carboxylic acids is 1. The molecular formula is C8H17NO4S. The maximum absolute atomic E-state index is 11.5. The van der Waals surface area contributed by atoms with Crippen molar-refractivity contribution in [3.8, 4) is 0 Å². The first kappa shape index (κ1) is 13.4. The number of rotatable bonds is 4. The zero-order valence-electron chi connectivity index (χ0n) is 8.86. The first-order chi connectivity index (χ1) is 6.11. The predicted molar refractivity (Wildman–Crippen MR) is 53.2 cm³/mol. The number of amides is 1. The van der Waals surface area contributed by atoms with E-state index in [1.165, 1.54) is 6.92 Å². The van der Waals surface area contributed by atoms with Gasteiger partial charge in [0.25, 0.3) is 10.1 Å². The molecule has 0 aromatic heterocycles. The second-order valence-electron chi connectivity index (χ2n) is 3.87. The van der Waals surface area contributed by atoms with Crippen molar-refractivity contribution < 1.29 is 17.8 Å². The Morgan fingerprint density at radius 1 is 1.50 bits per heavy atom. The van der Waals surface area contributed by atoms with Gasteiger partial charge < -0.3 is 5.32 Å². The van der Waals surface area contributed by atoms with E-state index in [9.17, 15) is 13.2 Å². The van der Waals surface area contributed by atoms with Gasteiger partial charge in [0.05, 0.1) is 0 Å². The highest BCUT2D eigenvalue weighted by Crippen LogP contribution is 2.19. The van der Waals surface area contributed by atoms with Gasteiger partial charge in [0.1, 0.15) is 0 Å². The highest BCUT2D eigenvalue weighted by molar-refractivity contribution is 7.86. The third kappa shape index (κ3) is 3.63. The molecule has 0 aromatic carbocycles. The van der Waals surface area contributed by atoms with E-state index in [-0.39, 0.29) is 5.91 Å². The van der Waals surface area contributed by atoms with E-state index in [1.54, 1.807) is 13.8 Å². The van der Waals surface area contributed by atoms with Crippen LogP contribution in [0.2, 0.25) is 0 Å². The summed E-state index contributed by atoms with van der Waals surface area (Å²) in [5.74, 6) is -0.384. The summed E-state index contributed by atoms with van der Waals surface area (Å²) >= 11 is 0. The average molecular weight is 223 g/mol. The summed E-state index contributed by atoms with van der Waals surface area (Å²) in [7, 11) is -4.20. The van der Waals surface area contributed by atoms with Gasteiger partial charge in [-0.25, -0.2) is 0 Å². The predicted octanol–water partition coefficient (Wildman–Crippen LogP) is 0.773. The molecule has 6 heteroatoms. The van der Waals surface area contributed by atoms with Crippen molar-refractivity contribution in [2.45, 2.75) is 39.5 Å². The van der Waals surface area contributed by atoms with Crippen molar-refractivity contribution in [3.05, 3.63) is 0 Å². The highest BCUT2D eigenvalue weighted by Gasteiger charge is 2.29. The van der Waals surface area contributed by atoms with Gasteiger partial charge in [-0.05, 0) is 13.3 Å². The summed E-state index contributed by atoms with van der Waals surface area (Å²) in [5, 5.41) is 0.971. The van der Waals surface area contributed by atoms with Crippen LogP contribution in [-0.4, -0.2) is 24.3 Å². The summed E-state index contributed by atoms with van der Waals surface area (Å²) in [6.07, 6.45) is 0.594. The quantitative estimate of drug-likeness (QED) is 0.690. The van der Waals surface area contributed by atoms with Gasteiger partial charge >= 0.3 is 0 Å². The molecule has 0 saturated carbocycles. The van der Waals surface area contributed by atoms with Crippen LogP contribution in [0.15, 0.2) is 0 Å². The monoisotopic (exact) mass is 223 g/mol. The van der Waals surface area contributed by atoms with Crippen LogP contribution in [-0.2, 0) is 14.9 Å². The summed E-state index contributed by atoms with van der Waals surface area (Å²) in [4.78, 5) is 11.5. The Labute approximate surface area is 84.6 Å². The van der Waals surface area contributed by atoms with Crippen LogP contribution in [0.5, 0.6) is 0 Å². The van der Waals surface area contributed by atoms with E-state index in [1.807, 2.05) is 6.92 Å². The molecular weight excluding hydrogens is 206 g/mol. The van der Waals surface area contributed by atoms with Crippen molar-refractivity contribution in [1.29, 1.82) is 0 Å². The van der Waals surface area contributed by atoms with E-state index < -0.39 is 20.9 Å². The lowest BCUT2D eigenvalue weighted by Gasteiger charge is -2.23. The topological polar surface area (TPSA) is 83.5 Å². The van der Waals surface area contributed by atoms with Crippen molar-refractivity contribution in [3.63, 3.8) is 0 Å². The van der Waals surface area contributed by atoms with Gasteiger partial charge in [-0.1, -0.05) is 20.8 Å². The molecule has 0 aliphatic rings. The van der Waals surface area contributed by atoms with Crippen molar-refractivity contribution >= 4 is 16.0 Å². The molecule has 0 aromatic rings. The lowest BCUT2D eigenvalue weighted by molar-refractivity contribution is -0.129. The summed E-state index contributed by atoms with van der Waals surface area (Å²) < 4.78 is 29.9. The molecule has 84 valence electrons. The second-order valence-corrected chi connectivity index (χ2v) is 5.61. The Morgan fingerprint density at radius 2 is 1.93 bits per heavy atom. The molecule has 0 aliphatic carbocycles. The summed E-state index contributed by atoms with van der Waals surface area (Å²) in [6.45, 7) is 6.47. The van der Waals surface area contributed by atoms with Crippen molar-refractivity contribution in [2.75, 3.05) is 0 Å². The number of nitrogens with one attached hydrogen (secondary N) is 1. The number of hydrogen-bond donors (Lipinski definition) is 2. The van der Waals surface area contributed by atoms with Crippen LogP contribution in [0.1, 0.15) is 34.1 Å². The van der Waals surface area contributed by atoms with E-state index in [2.05, 4.69) is 5.32 Å². The fraction of sp³-hybridized carbons (Fsp3) is 0.875. The standard InChI is InChI=1S/C8H17NO4S/c1-5-8(3,4)7(10)9-6(2)14(11,12)13/h6H,5H2,1-4H3,(H,9,10)(H,11,12,13). The minimum absolute atomic E-state index is 0.384. The molecule has 14 heavy (non-hydrogen) atoms. The fourth-order valence-corrected chi connectivity index (χ4v) is 0.871. The molecule has 0 spiro atoms. The van der Waals surface area contributed by atoms with Gasteiger partial charge in [-0.3, -0.25) is 9.35 Å². The highest BCUT2D eigenvalue weighted by atomic mass is 32.2. The first-order valence-electron chi connectivity index (χ1n) is 4.38. The largest absolute Gasteiger partial charge is 0.337 e. The van der Waals surface area contributed by atoms with Crippen LogP contribution in [0.4, 0.5) is 0 Å². The van der Waals surface area contributed by atoms with E-state index in [0.29, 0.717) is 6.42 Å². The zero-order valence-corrected chi connectivity index (χ0v) is 9.68. The summed E-state index contributed by atoms with van der Waals surface area (Å²) in [6, 6.07) is 0. The Morgan fingerprint density at radius 3 is 2.21 bits per heavy atom. The molecule has 0 rings (SSSR count). The van der Waals surface area contributed by atoms with Crippen LogP contribution >= 0.6 is 0 Å². The normalized spacial score (nSPS) is 14.9. The minimum atomic E-state index is -4.20. The van der Waals surface area contributed by atoms with Gasteiger partial charge in [0.2, 0.25) is 5.91 Å². The molecule has 0 radical (unpaired) electrons. The third-order valence-electron chi connectivity index (χ3n) is 2.28. The molecule has 1 unspecified atom stereocenters. The number of carbonyl (C=O) groups is 1.